The molecule has 3 N–H and O–H groups in total. The van der Waals surface area contributed by atoms with Crippen molar-refractivity contribution < 1.29 is 0 Å². The lowest BCUT2D eigenvalue weighted by molar-refractivity contribution is 1.19. The van der Waals surface area contributed by atoms with E-state index in [4.69, 9.17) is 34.3 Å². The van der Waals surface area contributed by atoms with E-state index < -0.39 is 0 Å². The Labute approximate surface area is 119 Å². The normalized spacial score (nSPS) is 10.3. The number of nitrogen functional groups attached to an aromatic ring is 1. The smallest absolute Gasteiger partial charge is 0.141 e. The van der Waals surface area contributed by atoms with Crippen LogP contribution in [0.5, 0.6) is 0 Å². The second kappa shape index (κ2) is 5.61. The van der Waals surface area contributed by atoms with Gasteiger partial charge in [0.05, 0.1) is 10.0 Å². The number of aromatic nitrogens is 1. The lowest BCUT2D eigenvalue weighted by atomic mass is 10.3. The van der Waals surface area contributed by atoms with Gasteiger partial charge in [-0.1, -0.05) is 35.0 Å². The van der Waals surface area contributed by atoms with E-state index in [0.29, 0.717) is 15.7 Å². The number of nitrogens with zero attached hydrogens (tertiary/aromatic N) is 1. The van der Waals surface area contributed by atoms with Crippen LogP contribution >= 0.6 is 35.0 Å². The molecule has 1 aromatic carbocycles. The molecule has 18 heavy (non-hydrogen) atoms. The molecule has 2 rings (SSSR count). The first-order chi connectivity index (χ1) is 8.56. The molecule has 0 fully saturated rings. The second-order valence-electron chi connectivity index (χ2n) is 3.47. The van der Waals surface area contributed by atoms with Crippen LogP contribution < -0.4 is 5.73 Å². The van der Waals surface area contributed by atoms with Crippen molar-refractivity contribution in [3.63, 3.8) is 0 Å². The van der Waals surface area contributed by atoms with E-state index in [-0.39, 0.29) is 5.84 Å². The van der Waals surface area contributed by atoms with Gasteiger partial charge in [-0.15, -0.1) is 0 Å². The number of pyridine rings is 1. The molecule has 0 bridgehead atoms. The monoisotopic (exact) mass is 297 g/mol. The van der Waals surface area contributed by atoms with Crippen LogP contribution in [0.4, 0.5) is 0 Å². The maximum Gasteiger partial charge on any atom is 0.141 e. The van der Waals surface area contributed by atoms with Crippen LogP contribution in [0.2, 0.25) is 10.0 Å². The predicted octanol–water partition coefficient (Wildman–Crippen LogP) is 3.82. The summed E-state index contributed by atoms with van der Waals surface area (Å²) in [4.78, 5) is 6.00. The van der Waals surface area contributed by atoms with E-state index >= 15 is 0 Å². The fraction of sp³-hybridized carbons (Fsp3) is 0. The molecule has 0 aliphatic rings. The van der Waals surface area contributed by atoms with Gasteiger partial charge in [-0.2, -0.15) is 0 Å². The third kappa shape index (κ3) is 3.16. The molecule has 0 unspecified atom stereocenters. The summed E-state index contributed by atoms with van der Waals surface area (Å²) in [5, 5.41) is 8.31. The van der Waals surface area contributed by atoms with Crippen molar-refractivity contribution in [1.82, 2.24) is 4.98 Å². The van der Waals surface area contributed by atoms with Gasteiger partial charge in [-0.05, 0) is 30.3 Å². The third-order valence-corrected chi connectivity index (χ3v) is 3.84. The van der Waals surface area contributed by atoms with Crippen LogP contribution in [0.3, 0.4) is 0 Å². The number of nitrogens with two attached hydrogens (primary N) is 1. The summed E-state index contributed by atoms with van der Waals surface area (Å²) in [5.74, 6) is -0.0407. The molecule has 0 saturated heterocycles. The number of nitrogens with one attached hydrogen (secondary N) is 1. The zero-order valence-electron chi connectivity index (χ0n) is 9.15. The summed E-state index contributed by atoms with van der Waals surface area (Å²) in [6.45, 7) is 0. The molecule has 3 nitrogen and oxygen atoms in total. The summed E-state index contributed by atoms with van der Waals surface area (Å²) >= 11 is 13.3. The number of hydrogen-bond acceptors (Lipinski definition) is 3. The van der Waals surface area contributed by atoms with Gasteiger partial charge in [-0.3, -0.25) is 10.4 Å². The fourth-order valence-corrected chi connectivity index (χ4v) is 2.47. The summed E-state index contributed by atoms with van der Waals surface area (Å²) in [6, 6.07) is 9.01. The maximum absolute atomic E-state index is 7.26. The second-order valence-corrected chi connectivity index (χ2v) is 5.43. The van der Waals surface area contributed by atoms with Gasteiger partial charge in [0.2, 0.25) is 0 Å². The Kier molecular flexibility index (Phi) is 4.11. The van der Waals surface area contributed by atoms with Crippen LogP contribution in [0, 0.1) is 5.41 Å². The van der Waals surface area contributed by atoms with Gasteiger partial charge in [0.1, 0.15) is 11.5 Å². The van der Waals surface area contributed by atoms with Gasteiger partial charge in [-0.25, -0.2) is 0 Å². The maximum atomic E-state index is 7.26. The van der Waals surface area contributed by atoms with E-state index in [0.717, 1.165) is 9.79 Å². The molecule has 0 aliphatic heterocycles. The van der Waals surface area contributed by atoms with Crippen molar-refractivity contribution in [3.05, 3.63) is 52.3 Å². The summed E-state index contributed by atoms with van der Waals surface area (Å²) in [6.07, 6.45) is 1.67. The minimum atomic E-state index is -0.0407. The molecular weight excluding hydrogens is 289 g/mol. The van der Waals surface area contributed by atoms with Crippen molar-refractivity contribution >= 4 is 40.8 Å². The molecule has 0 amide bonds. The molecule has 92 valence electrons. The first-order valence-electron chi connectivity index (χ1n) is 4.99. The average molecular weight is 298 g/mol. The Morgan fingerprint density at radius 1 is 1.11 bits per heavy atom. The number of rotatable bonds is 3. The largest absolute Gasteiger partial charge is 0.382 e. The van der Waals surface area contributed by atoms with E-state index in [9.17, 15) is 0 Å². The molecule has 0 atom stereocenters. The lowest BCUT2D eigenvalue weighted by Gasteiger charge is -2.04. The Balaban J connectivity index is 2.18. The van der Waals surface area contributed by atoms with Gasteiger partial charge in [0.25, 0.3) is 0 Å². The van der Waals surface area contributed by atoms with Gasteiger partial charge in [0, 0.05) is 16.0 Å². The van der Waals surface area contributed by atoms with Gasteiger partial charge < -0.3 is 5.73 Å². The Hall–Kier alpha value is -1.23. The van der Waals surface area contributed by atoms with E-state index in [1.165, 1.54) is 11.8 Å². The Bertz CT molecular complexity index is 584. The minimum Gasteiger partial charge on any atom is -0.382 e. The highest BCUT2D eigenvalue weighted by atomic mass is 35.5. The van der Waals surface area contributed by atoms with Gasteiger partial charge >= 0.3 is 0 Å². The third-order valence-electron chi connectivity index (χ3n) is 2.14. The van der Waals surface area contributed by atoms with Crippen molar-refractivity contribution in [1.29, 1.82) is 5.41 Å². The summed E-state index contributed by atoms with van der Waals surface area (Å²) in [7, 11) is 0. The number of hydrogen-bond donors (Lipinski definition) is 2. The van der Waals surface area contributed by atoms with E-state index in [1.54, 1.807) is 24.4 Å². The van der Waals surface area contributed by atoms with Crippen molar-refractivity contribution in [2.75, 3.05) is 0 Å². The first-order valence-corrected chi connectivity index (χ1v) is 6.57. The highest BCUT2D eigenvalue weighted by Crippen LogP contribution is 2.32. The molecule has 0 aliphatic carbocycles. The van der Waals surface area contributed by atoms with Crippen LogP contribution in [0.15, 0.2) is 46.3 Å². The summed E-state index contributed by atoms with van der Waals surface area (Å²) < 4.78 is 0. The number of benzene rings is 1. The standard InChI is InChI=1S/C12H9Cl2N3S/c13-9-3-1-7(5-10(9)14)18-8-2-4-11(12(15)16)17-6-8/h1-6H,(H3,15,16). The van der Waals surface area contributed by atoms with Crippen LogP contribution in [-0.4, -0.2) is 10.8 Å². The lowest BCUT2D eigenvalue weighted by Crippen LogP contribution is -2.12. The fourth-order valence-electron chi connectivity index (χ4n) is 1.28. The molecule has 0 saturated carbocycles. The Morgan fingerprint density at radius 2 is 1.83 bits per heavy atom. The van der Waals surface area contributed by atoms with Crippen molar-refractivity contribution in [2.24, 2.45) is 5.73 Å². The quantitative estimate of drug-likeness (QED) is 0.668. The highest BCUT2D eigenvalue weighted by molar-refractivity contribution is 7.99. The zero-order valence-corrected chi connectivity index (χ0v) is 11.5. The molecule has 1 heterocycles. The highest BCUT2D eigenvalue weighted by Gasteiger charge is 2.03. The predicted molar refractivity (Wildman–Crippen MR) is 75.8 cm³/mol. The molecular formula is C12H9Cl2N3S. The van der Waals surface area contributed by atoms with Crippen molar-refractivity contribution in [2.45, 2.75) is 9.79 Å². The summed E-state index contributed by atoms with van der Waals surface area (Å²) in [5.41, 5.74) is 5.80. The molecule has 1 aromatic heterocycles. The van der Waals surface area contributed by atoms with Gasteiger partial charge in [0.15, 0.2) is 0 Å². The average Bonchev–Trinajstić information content (AvgIpc) is 2.34. The molecule has 0 radical (unpaired) electrons. The van der Waals surface area contributed by atoms with E-state index in [1.807, 2.05) is 12.1 Å². The van der Waals surface area contributed by atoms with Crippen LogP contribution in [0.1, 0.15) is 5.69 Å². The Morgan fingerprint density at radius 3 is 2.39 bits per heavy atom. The van der Waals surface area contributed by atoms with Crippen molar-refractivity contribution in [3.8, 4) is 0 Å². The van der Waals surface area contributed by atoms with Crippen LogP contribution in [-0.2, 0) is 0 Å². The topological polar surface area (TPSA) is 62.8 Å². The SMILES string of the molecule is N=C(N)c1ccc(Sc2ccc(Cl)c(Cl)c2)cn1. The molecule has 2 aromatic rings. The van der Waals surface area contributed by atoms with Crippen LogP contribution in [0.25, 0.3) is 0 Å². The van der Waals surface area contributed by atoms with E-state index in [2.05, 4.69) is 4.98 Å². The zero-order chi connectivity index (χ0) is 13.1. The number of amidine groups is 1. The minimum absolute atomic E-state index is 0.0407. The number of halogens is 2. The molecule has 6 heteroatoms. The molecule has 0 spiro atoms. The first kappa shape index (κ1) is 13.2.